The summed E-state index contributed by atoms with van der Waals surface area (Å²) in [4.78, 5) is 5.17. The van der Waals surface area contributed by atoms with Crippen LogP contribution in [0.15, 0.2) is 22.7 Å². The number of piperidine rings is 2. The molecule has 0 aromatic heterocycles. The Kier molecular flexibility index (Phi) is 9.25. The summed E-state index contributed by atoms with van der Waals surface area (Å²) in [6, 6.07) is 6.31. The highest BCUT2D eigenvalue weighted by Gasteiger charge is 2.11. The molecule has 152 valence electrons. The van der Waals surface area contributed by atoms with Crippen molar-refractivity contribution >= 4 is 21.6 Å². The van der Waals surface area contributed by atoms with Crippen LogP contribution in [0.1, 0.15) is 51.4 Å². The number of hydrogen-bond donors (Lipinski definition) is 1. The van der Waals surface area contributed by atoms with Crippen molar-refractivity contribution in [3.05, 3.63) is 22.7 Å². The monoisotopic (exact) mass is 437 g/mol. The van der Waals surface area contributed by atoms with Crippen molar-refractivity contribution in [2.75, 3.05) is 57.7 Å². The first-order valence-corrected chi connectivity index (χ1v) is 11.7. The first-order chi connectivity index (χ1) is 13.3. The fraction of sp³-hybridized carbons (Fsp3) is 0.727. The van der Waals surface area contributed by atoms with Gasteiger partial charge in [0, 0.05) is 17.6 Å². The minimum atomic E-state index is 0.797. The van der Waals surface area contributed by atoms with E-state index in [9.17, 15) is 0 Å². The summed E-state index contributed by atoms with van der Waals surface area (Å²) in [6.45, 7) is 9.20. The third kappa shape index (κ3) is 7.63. The molecule has 0 aliphatic carbocycles. The quantitative estimate of drug-likeness (QED) is 0.521. The Morgan fingerprint density at radius 2 is 1.52 bits per heavy atom. The van der Waals surface area contributed by atoms with E-state index in [0.29, 0.717) is 0 Å². The Hall–Kier alpha value is -0.780. The van der Waals surface area contributed by atoms with Gasteiger partial charge in [0.05, 0.1) is 12.3 Å². The number of likely N-dealkylation sites (tertiary alicyclic amines) is 2. The van der Waals surface area contributed by atoms with Crippen molar-refractivity contribution in [3.63, 3.8) is 0 Å². The van der Waals surface area contributed by atoms with Crippen LogP contribution in [0.25, 0.3) is 0 Å². The normalized spacial score (nSPS) is 19.1. The molecule has 0 atom stereocenters. The molecule has 0 spiro atoms. The van der Waals surface area contributed by atoms with Crippen LogP contribution in [0.3, 0.4) is 0 Å². The highest BCUT2D eigenvalue weighted by molar-refractivity contribution is 9.10. The largest absolute Gasteiger partial charge is 0.491 e. The molecule has 1 aromatic rings. The smallest absolute Gasteiger partial charge is 0.143 e. The lowest BCUT2D eigenvalue weighted by Gasteiger charge is -2.26. The van der Waals surface area contributed by atoms with Gasteiger partial charge < -0.3 is 19.9 Å². The molecule has 27 heavy (non-hydrogen) atoms. The van der Waals surface area contributed by atoms with Gasteiger partial charge in [-0.3, -0.25) is 0 Å². The summed E-state index contributed by atoms with van der Waals surface area (Å²) in [7, 11) is 0. The first kappa shape index (κ1) is 20.9. The third-order valence-electron chi connectivity index (χ3n) is 5.71. The Morgan fingerprint density at radius 1 is 0.852 bits per heavy atom. The highest BCUT2D eigenvalue weighted by Crippen LogP contribution is 2.28. The Labute approximate surface area is 173 Å². The third-order valence-corrected chi connectivity index (χ3v) is 6.20. The average molecular weight is 438 g/mol. The standard InChI is InChI=1S/C22H36BrN3O/c23-20-9-10-21(24-11-17-26-14-5-2-6-15-26)22(19-20)27-18-8-7-16-25-12-3-1-4-13-25/h9-10,19,24H,1-8,11-18H2. The van der Waals surface area contributed by atoms with Crippen molar-refractivity contribution in [2.24, 2.45) is 0 Å². The van der Waals surface area contributed by atoms with Gasteiger partial charge >= 0.3 is 0 Å². The molecule has 2 saturated heterocycles. The Bertz CT molecular complexity index is 542. The molecule has 0 saturated carbocycles. The molecular weight excluding hydrogens is 402 g/mol. The molecule has 2 fully saturated rings. The van der Waals surface area contributed by atoms with Crippen LogP contribution in [0.5, 0.6) is 5.75 Å². The number of anilines is 1. The maximum Gasteiger partial charge on any atom is 0.143 e. The van der Waals surface area contributed by atoms with Gasteiger partial charge in [-0.25, -0.2) is 0 Å². The number of ether oxygens (including phenoxy) is 1. The van der Waals surface area contributed by atoms with Crippen LogP contribution in [0, 0.1) is 0 Å². The second-order valence-electron chi connectivity index (χ2n) is 7.93. The molecule has 3 rings (SSSR count). The zero-order chi connectivity index (χ0) is 18.7. The maximum atomic E-state index is 6.13. The molecule has 2 aliphatic rings. The molecule has 2 aliphatic heterocycles. The van der Waals surface area contributed by atoms with E-state index in [2.05, 4.69) is 49.2 Å². The Morgan fingerprint density at radius 3 is 2.22 bits per heavy atom. The topological polar surface area (TPSA) is 27.7 Å². The zero-order valence-corrected chi connectivity index (χ0v) is 18.3. The number of unbranched alkanes of at least 4 members (excludes halogenated alkanes) is 1. The van der Waals surface area contributed by atoms with Gasteiger partial charge in [-0.2, -0.15) is 0 Å². The molecule has 5 heteroatoms. The zero-order valence-electron chi connectivity index (χ0n) is 16.7. The van der Waals surface area contributed by atoms with Gasteiger partial charge in [-0.1, -0.05) is 28.8 Å². The van der Waals surface area contributed by atoms with E-state index in [4.69, 9.17) is 4.74 Å². The van der Waals surface area contributed by atoms with Gasteiger partial charge in [-0.05, 0) is 89.4 Å². The van der Waals surface area contributed by atoms with Crippen molar-refractivity contribution in [1.82, 2.24) is 9.80 Å². The fourth-order valence-corrected chi connectivity index (χ4v) is 4.44. The lowest BCUT2D eigenvalue weighted by molar-refractivity contribution is 0.216. The van der Waals surface area contributed by atoms with Crippen LogP contribution >= 0.6 is 15.9 Å². The van der Waals surface area contributed by atoms with Gasteiger partial charge in [-0.15, -0.1) is 0 Å². The first-order valence-electron chi connectivity index (χ1n) is 10.9. The van der Waals surface area contributed by atoms with Gasteiger partial charge in [0.25, 0.3) is 0 Å². The number of halogens is 1. The van der Waals surface area contributed by atoms with Gasteiger partial charge in [0.1, 0.15) is 5.75 Å². The fourth-order valence-electron chi connectivity index (χ4n) is 4.10. The van der Waals surface area contributed by atoms with Crippen molar-refractivity contribution in [3.8, 4) is 5.75 Å². The maximum absolute atomic E-state index is 6.13. The molecule has 0 amide bonds. The number of nitrogens with zero attached hydrogens (tertiary/aromatic N) is 2. The van der Waals surface area contributed by atoms with Crippen LogP contribution in [-0.2, 0) is 0 Å². The predicted molar refractivity (Wildman–Crippen MR) is 118 cm³/mol. The SMILES string of the molecule is Brc1ccc(NCCN2CCCCC2)c(OCCCCN2CCCCC2)c1. The van der Waals surface area contributed by atoms with Crippen molar-refractivity contribution in [1.29, 1.82) is 0 Å². The number of hydrogen-bond acceptors (Lipinski definition) is 4. The minimum Gasteiger partial charge on any atom is -0.491 e. The van der Waals surface area contributed by atoms with Gasteiger partial charge in [0.15, 0.2) is 0 Å². The molecule has 1 aromatic carbocycles. The second-order valence-corrected chi connectivity index (χ2v) is 8.84. The molecule has 4 nitrogen and oxygen atoms in total. The number of rotatable bonds is 10. The molecule has 0 unspecified atom stereocenters. The summed E-state index contributed by atoms with van der Waals surface area (Å²) in [5.41, 5.74) is 1.12. The van der Waals surface area contributed by atoms with E-state index in [1.54, 1.807) is 0 Å². The summed E-state index contributed by atoms with van der Waals surface area (Å²) in [5.74, 6) is 0.973. The average Bonchev–Trinajstić information content (AvgIpc) is 2.71. The molecule has 1 N–H and O–H groups in total. The number of benzene rings is 1. The van der Waals surface area contributed by atoms with Crippen molar-refractivity contribution in [2.45, 2.75) is 51.4 Å². The second kappa shape index (κ2) is 11.9. The highest BCUT2D eigenvalue weighted by atomic mass is 79.9. The number of nitrogens with one attached hydrogen (secondary N) is 1. The lowest BCUT2D eigenvalue weighted by atomic mass is 10.1. The van der Waals surface area contributed by atoms with Gasteiger partial charge in [0.2, 0.25) is 0 Å². The van der Waals surface area contributed by atoms with Crippen LogP contribution in [0.2, 0.25) is 0 Å². The van der Waals surface area contributed by atoms with E-state index in [1.165, 1.54) is 77.7 Å². The van der Waals surface area contributed by atoms with Crippen LogP contribution in [-0.4, -0.2) is 62.2 Å². The van der Waals surface area contributed by atoms with Crippen LogP contribution < -0.4 is 10.1 Å². The molecule has 0 bridgehead atoms. The molecular formula is C22H36BrN3O. The summed E-state index contributed by atoms with van der Waals surface area (Å²) < 4.78 is 7.20. The van der Waals surface area contributed by atoms with E-state index >= 15 is 0 Å². The minimum absolute atomic E-state index is 0.797. The van der Waals surface area contributed by atoms with Crippen LogP contribution in [0.4, 0.5) is 5.69 Å². The predicted octanol–water partition coefficient (Wildman–Crippen LogP) is 4.99. The molecule has 2 heterocycles. The summed E-state index contributed by atoms with van der Waals surface area (Å²) >= 11 is 3.58. The van der Waals surface area contributed by atoms with E-state index in [1.807, 2.05) is 0 Å². The summed E-state index contributed by atoms with van der Waals surface area (Å²) in [6.07, 6.45) is 10.6. The van der Waals surface area contributed by atoms with E-state index in [0.717, 1.165) is 42.0 Å². The molecule has 0 radical (unpaired) electrons. The van der Waals surface area contributed by atoms with E-state index in [-0.39, 0.29) is 0 Å². The lowest BCUT2D eigenvalue weighted by Crippen LogP contribution is -2.33. The van der Waals surface area contributed by atoms with Crippen molar-refractivity contribution < 1.29 is 4.74 Å². The Balaban J connectivity index is 1.37. The van der Waals surface area contributed by atoms with E-state index < -0.39 is 0 Å². The summed E-state index contributed by atoms with van der Waals surface area (Å²) in [5, 5.41) is 3.58.